The lowest BCUT2D eigenvalue weighted by Gasteiger charge is -2.40. The summed E-state index contributed by atoms with van der Waals surface area (Å²) in [5.41, 5.74) is 4.27. The summed E-state index contributed by atoms with van der Waals surface area (Å²) in [6.07, 6.45) is 0.746. The van der Waals surface area contributed by atoms with Crippen molar-refractivity contribution >= 4 is 5.91 Å². The Balaban J connectivity index is 1.78. The number of rotatable bonds is 5. The molecule has 1 aliphatic rings. The van der Waals surface area contributed by atoms with Gasteiger partial charge in [-0.25, -0.2) is 0 Å². The van der Waals surface area contributed by atoms with Gasteiger partial charge in [-0.3, -0.25) is 4.79 Å². The first-order valence-corrected chi connectivity index (χ1v) is 10.5. The number of aryl methyl sites for hydroxylation is 1. The van der Waals surface area contributed by atoms with Gasteiger partial charge in [0.2, 0.25) is 0 Å². The number of hydrogen-bond donors (Lipinski definition) is 0. The van der Waals surface area contributed by atoms with Crippen LogP contribution in [0.5, 0.6) is 11.5 Å². The highest BCUT2D eigenvalue weighted by molar-refractivity contribution is 6.01. The molecular weight excluding hydrogens is 392 g/mol. The molecule has 0 saturated heterocycles. The Kier molecular flexibility index (Phi) is 5.72. The highest BCUT2D eigenvalue weighted by atomic mass is 16.5. The van der Waals surface area contributed by atoms with E-state index in [1.807, 2.05) is 47.4 Å². The normalized spacial score (nSPS) is 15.7. The van der Waals surface area contributed by atoms with E-state index in [9.17, 15) is 4.79 Å². The number of aromatic nitrogens is 1. The van der Waals surface area contributed by atoms with E-state index in [2.05, 4.69) is 19.0 Å². The number of amides is 1. The van der Waals surface area contributed by atoms with E-state index in [-0.39, 0.29) is 17.9 Å². The molecule has 1 aromatic heterocycles. The van der Waals surface area contributed by atoms with Crippen molar-refractivity contribution in [2.45, 2.75) is 33.2 Å². The summed E-state index contributed by atoms with van der Waals surface area (Å²) in [5.74, 6) is 2.07. The lowest BCUT2D eigenvalue weighted by Crippen LogP contribution is -2.42. The molecule has 31 heavy (non-hydrogen) atoms. The molecule has 0 bridgehead atoms. The van der Waals surface area contributed by atoms with E-state index in [0.717, 1.165) is 17.5 Å². The Morgan fingerprint density at radius 3 is 2.45 bits per heavy atom. The van der Waals surface area contributed by atoms with Crippen LogP contribution in [0.4, 0.5) is 0 Å². The summed E-state index contributed by atoms with van der Waals surface area (Å²) in [4.78, 5) is 15.8. The van der Waals surface area contributed by atoms with Crippen molar-refractivity contribution in [3.63, 3.8) is 0 Å². The highest BCUT2D eigenvalue weighted by Crippen LogP contribution is 2.42. The van der Waals surface area contributed by atoms with Crippen molar-refractivity contribution in [2.24, 2.45) is 5.92 Å². The van der Waals surface area contributed by atoms with Gasteiger partial charge in [-0.15, -0.1) is 0 Å². The van der Waals surface area contributed by atoms with Gasteiger partial charge in [-0.2, -0.15) is 0 Å². The van der Waals surface area contributed by atoms with E-state index in [1.165, 1.54) is 5.56 Å². The van der Waals surface area contributed by atoms with Gasteiger partial charge in [0.05, 0.1) is 20.3 Å². The summed E-state index contributed by atoms with van der Waals surface area (Å²) in [6, 6.07) is 13.6. The largest absolute Gasteiger partial charge is 0.493 e. The second-order valence-corrected chi connectivity index (χ2v) is 8.17. The van der Waals surface area contributed by atoms with E-state index in [4.69, 9.17) is 14.0 Å². The number of carbonyl (C=O) groups excluding carboxylic acids is 1. The fourth-order valence-corrected chi connectivity index (χ4v) is 4.48. The summed E-state index contributed by atoms with van der Waals surface area (Å²) >= 11 is 0. The molecule has 6 nitrogen and oxygen atoms in total. The van der Waals surface area contributed by atoms with Gasteiger partial charge >= 0.3 is 0 Å². The second-order valence-electron chi connectivity index (χ2n) is 8.17. The molecule has 1 aliphatic heterocycles. The summed E-state index contributed by atoms with van der Waals surface area (Å²) in [6.45, 7) is 6.68. The first kappa shape index (κ1) is 21.0. The molecule has 0 fully saturated rings. The number of benzene rings is 2. The molecule has 0 aliphatic carbocycles. The third-order valence-corrected chi connectivity index (χ3v) is 5.94. The van der Waals surface area contributed by atoms with Gasteiger partial charge in [0.25, 0.3) is 5.91 Å². The highest BCUT2D eigenvalue weighted by Gasteiger charge is 2.37. The van der Waals surface area contributed by atoms with Crippen LogP contribution >= 0.6 is 0 Å². The molecule has 1 amide bonds. The molecule has 0 saturated carbocycles. The smallest absolute Gasteiger partial charge is 0.260 e. The number of methoxy groups -OCH3 is 2. The summed E-state index contributed by atoms with van der Waals surface area (Å²) in [5, 5.41) is 4.21. The zero-order valence-electron chi connectivity index (χ0n) is 18.6. The molecule has 0 spiro atoms. The minimum absolute atomic E-state index is 0.0586. The standard InChI is InChI=1S/C25H28N2O4/c1-15(2)24-19-14-21(30-5)20(29-4)13-18(19)11-12-27(24)25(28)22-16(3)31-26-23(22)17-9-7-6-8-10-17/h6-10,13-15,24H,11-12H2,1-5H3/t24-/m1/s1. The lowest BCUT2D eigenvalue weighted by atomic mass is 9.85. The van der Waals surface area contributed by atoms with Crippen LogP contribution in [0.25, 0.3) is 11.3 Å². The maximum atomic E-state index is 13.8. The topological polar surface area (TPSA) is 64.8 Å². The van der Waals surface area contributed by atoms with Crippen molar-refractivity contribution in [3.8, 4) is 22.8 Å². The average molecular weight is 421 g/mol. The van der Waals surface area contributed by atoms with E-state index in [1.54, 1.807) is 21.1 Å². The van der Waals surface area contributed by atoms with Crippen LogP contribution < -0.4 is 9.47 Å². The Labute approximate surface area is 182 Å². The lowest BCUT2D eigenvalue weighted by molar-refractivity contribution is 0.0601. The maximum Gasteiger partial charge on any atom is 0.260 e. The summed E-state index contributed by atoms with van der Waals surface area (Å²) in [7, 11) is 3.27. The van der Waals surface area contributed by atoms with E-state index in [0.29, 0.717) is 35.1 Å². The summed E-state index contributed by atoms with van der Waals surface area (Å²) < 4.78 is 16.5. The van der Waals surface area contributed by atoms with Crippen molar-refractivity contribution < 1.29 is 18.8 Å². The van der Waals surface area contributed by atoms with Crippen LogP contribution in [0.15, 0.2) is 47.0 Å². The molecular formula is C25H28N2O4. The van der Waals surface area contributed by atoms with Gasteiger partial charge in [-0.05, 0) is 42.5 Å². The van der Waals surface area contributed by atoms with Crippen molar-refractivity contribution in [1.82, 2.24) is 10.1 Å². The fraction of sp³-hybridized carbons (Fsp3) is 0.360. The first-order chi connectivity index (χ1) is 15.0. The zero-order chi connectivity index (χ0) is 22.1. The Morgan fingerprint density at radius 2 is 1.81 bits per heavy atom. The molecule has 2 heterocycles. The predicted octanol–water partition coefficient (Wildman–Crippen LogP) is 5.06. The molecule has 0 N–H and O–H groups in total. The number of nitrogens with zero attached hydrogens (tertiary/aromatic N) is 2. The molecule has 4 rings (SSSR count). The average Bonchev–Trinajstić information content (AvgIpc) is 3.18. The number of hydrogen-bond acceptors (Lipinski definition) is 5. The van der Waals surface area contributed by atoms with Gasteiger partial charge < -0.3 is 18.9 Å². The Hall–Kier alpha value is -3.28. The predicted molar refractivity (Wildman–Crippen MR) is 119 cm³/mol. The molecule has 3 aromatic rings. The molecule has 2 aromatic carbocycles. The van der Waals surface area contributed by atoms with E-state index >= 15 is 0 Å². The molecule has 6 heteroatoms. The third-order valence-electron chi connectivity index (χ3n) is 5.94. The monoisotopic (exact) mass is 420 g/mol. The van der Waals surface area contributed by atoms with Gasteiger partial charge in [0.1, 0.15) is 17.0 Å². The minimum atomic E-state index is -0.0889. The maximum absolute atomic E-state index is 13.8. The Bertz CT molecular complexity index is 1090. The van der Waals surface area contributed by atoms with Crippen molar-refractivity contribution in [2.75, 3.05) is 20.8 Å². The number of carbonyl (C=O) groups is 1. The van der Waals surface area contributed by atoms with Crippen LogP contribution in [-0.4, -0.2) is 36.7 Å². The van der Waals surface area contributed by atoms with Gasteiger partial charge in [0.15, 0.2) is 11.5 Å². The second kappa shape index (κ2) is 8.46. The van der Waals surface area contributed by atoms with Crippen molar-refractivity contribution in [1.29, 1.82) is 0 Å². The SMILES string of the molecule is COc1cc2c(cc1OC)[C@@H](C(C)C)N(C(=O)c1c(-c3ccccc3)noc1C)CC2. The minimum Gasteiger partial charge on any atom is -0.493 e. The van der Waals surface area contributed by atoms with E-state index < -0.39 is 0 Å². The van der Waals surface area contributed by atoms with Crippen LogP contribution in [0.2, 0.25) is 0 Å². The third kappa shape index (κ3) is 3.67. The molecule has 1 atom stereocenters. The molecule has 0 radical (unpaired) electrons. The van der Waals surface area contributed by atoms with Crippen LogP contribution in [0, 0.1) is 12.8 Å². The number of fused-ring (bicyclic) bond motifs is 1. The van der Waals surface area contributed by atoms with Crippen LogP contribution in [-0.2, 0) is 6.42 Å². The molecule has 0 unspecified atom stereocenters. The zero-order valence-corrected chi connectivity index (χ0v) is 18.6. The Morgan fingerprint density at radius 1 is 1.13 bits per heavy atom. The van der Waals surface area contributed by atoms with Crippen LogP contribution in [0.1, 0.15) is 47.1 Å². The fourth-order valence-electron chi connectivity index (χ4n) is 4.48. The molecule has 162 valence electrons. The van der Waals surface area contributed by atoms with Crippen molar-refractivity contribution in [3.05, 3.63) is 64.9 Å². The first-order valence-electron chi connectivity index (χ1n) is 10.5. The van der Waals surface area contributed by atoms with Gasteiger partial charge in [-0.1, -0.05) is 49.3 Å². The quantitative estimate of drug-likeness (QED) is 0.577. The van der Waals surface area contributed by atoms with Crippen LogP contribution in [0.3, 0.4) is 0 Å². The number of ether oxygens (including phenoxy) is 2. The van der Waals surface area contributed by atoms with Gasteiger partial charge in [0, 0.05) is 12.1 Å².